The Morgan fingerprint density at radius 2 is 1.71 bits per heavy atom. The average Bonchev–Trinajstić information content (AvgIpc) is 3.37. The minimum absolute atomic E-state index is 0.00147. The fourth-order valence-corrected chi connectivity index (χ4v) is 5.28. The van der Waals surface area contributed by atoms with Crippen LogP contribution in [0.2, 0.25) is 0 Å². The van der Waals surface area contributed by atoms with E-state index < -0.39 is 23.5 Å². The monoisotopic (exact) mass is 486 g/mol. The molecule has 35 heavy (non-hydrogen) atoms. The van der Waals surface area contributed by atoms with Gasteiger partial charge in [-0.1, -0.05) is 79.3 Å². The number of thiazole rings is 1. The highest BCUT2D eigenvalue weighted by atomic mass is 32.1. The molecule has 1 aromatic heterocycles. The molecule has 4 aromatic rings. The topological polar surface area (TPSA) is 70.5 Å². The highest BCUT2D eigenvalue weighted by Crippen LogP contribution is 2.44. The Kier molecular flexibility index (Phi) is 5.73. The summed E-state index contributed by atoms with van der Waals surface area (Å²) in [5.74, 6) is -1.91. The van der Waals surface area contributed by atoms with Gasteiger partial charge >= 0.3 is 5.91 Å². The molecule has 1 fully saturated rings. The molecule has 1 atom stereocenters. The first-order valence-corrected chi connectivity index (χ1v) is 12.1. The number of aliphatic hydroxyl groups is 1. The Hall–Kier alpha value is -3.84. The zero-order valence-corrected chi connectivity index (χ0v) is 20.3. The predicted molar refractivity (Wildman–Crippen MR) is 136 cm³/mol. The summed E-state index contributed by atoms with van der Waals surface area (Å²) in [7, 11) is 0. The van der Waals surface area contributed by atoms with E-state index in [1.54, 1.807) is 18.2 Å². The number of aromatic nitrogens is 1. The summed E-state index contributed by atoms with van der Waals surface area (Å²) < 4.78 is 14.4. The van der Waals surface area contributed by atoms with Crippen molar-refractivity contribution in [3.05, 3.63) is 100 Å². The van der Waals surface area contributed by atoms with Crippen LogP contribution in [-0.2, 0) is 9.59 Å². The van der Waals surface area contributed by atoms with Gasteiger partial charge in [-0.25, -0.2) is 9.37 Å². The second-order valence-electron chi connectivity index (χ2n) is 8.96. The summed E-state index contributed by atoms with van der Waals surface area (Å²) in [4.78, 5) is 32.5. The fraction of sp³-hybridized carbons (Fsp3) is 0.179. The second-order valence-corrected chi connectivity index (χ2v) is 9.97. The van der Waals surface area contributed by atoms with Crippen LogP contribution in [0.15, 0.2) is 72.3 Å². The minimum Gasteiger partial charge on any atom is -0.507 e. The Labute approximate surface area is 206 Å². The van der Waals surface area contributed by atoms with Gasteiger partial charge in [-0.2, -0.15) is 0 Å². The van der Waals surface area contributed by atoms with Crippen LogP contribution < -0.4 is 4.90 Å². The van der Waals surface area contributed by atoms with Crippen LogP contribution in [0.4, 0.5) is 9.52 Å². The number of anilines is 1. The number of halogens is 1. The molecule has 1 N–H and O–H groups in total. The molecule has 2 heterocycles. The van der Waals surface area contributed by atoms with Crippen molar-refractivity contribution in [1.29, 1.82) is 0 Å². The minimum atomic E-state index is -0.872. The van der Waals surface area contributed by atoms with Gasteiger partial charge in [0.05, 0.1) is 21.8 Å². The van der Waals surface area contributed by atoms with Gasteiger partial charge in [0.15, 0.2) is 5.13 Å². The van der Waals surface area contributed by atoms with Crippen molar-refractivity contribution >= 4 is 44.1 Å². The van der Waals surface area contributed by atoms with Gasteiger partial charge in [-0.3, -0.25) is 14.5 Å². The van der Waals surface area contributed by atoms with Crippen molar-refractivity contribution in [2.24, 2.45) is 0 Å². The van der Waals surface area contributed by atoms with E-state index in [4.69, 9.17) is 0 Å². The van der Waals surface area contributed by atoms with E-state index in [1.807, 2.05) is 43.3 Å². The Morgan fingerprint density at radius 1 is 1.03 bits per heavy atom. The first kappa shape index (κ1) is 22.9. The van der Waals surface area contributed by atoms with Crippen LogP contribution in [0.25, 0.3) is 16.0 Å². The second kappa shape index (κ2) is 8.74. The van der Waals surface area contributed by atoms with Crippen molar-refractivity contribution in [2.45, 2.75) is 32.7 Å². The average molecular weight is 487 g/mol. The van der Waals surface area contributed by atoms with E-state index in [1.165, 1.54) is 17.0 Å². The van der Waals surface area contributed by atoms with Gasteiger partial charge < -0.3 is 5.11 Å². The summed E-state index contributed by atoms with van der Waals surface area (Å²) in [5.41, 5.74) is 3.77. The third-order valence-corrected chi connectivity index (χ3v) is 7.25. The largest absolute Gasteiger partial charge is 0.507 e. The number of ketones is 1. The van der Waals surface area contributed by atoms with Crippen molar-refractivity contribution < 1.29 is 19.1 Å². The molecule has 7 heteroatoms. The van der Waals surface area contributed by atoms with E-state index in [2.05, 4.69) is 18.8 Å². The maximum atomic E-state index is 13.8. The van der Waals surface area contributed by atoms with E-state index in [0.29, 0.717) is 27.3 Å². The van der Waals surface area contributed by atoms with Gasteiger partial charge in [-0.15, -0.1) is 0 Å². The van der Waals surface area contributed by atoms with Crippen molar-refractivity contribution in [3.63, 3.8) is 0 Å². The van der Waals surface area contributed by atoms with Crippen LogP contribution in [0.5, 0.6) is 0 Å². The van der Waals surface area contributed by atoms with Gasteiger partial charge in [0.2, 0.25) is 0 Å². The number of nitrogens with zero attached hydrogens (tertiary/aromatic N) is 2. The molecule has 1 amide bonds. The van der Waals surface area contributed by atoms with Crippen molar-refractivity contribution in [1.82, 2.24) is 4.98 Å². The van der Waals surface area contributed by atoms with Crippen LogP contribution in [0.1, 0.15) is 48.1 Å². The van der Waals surface area contributed by atoms with Crippen LogP contribution in [0, 0.1) is 12.7 Å². The molecular formula is C28H23FN2O3S. The fourth-order valence-electron chi connectivity index (χ4n) is 4.26. The number of hydrogen-bond acceptors (Lipinski definition) is 5. The van der Waals surface area contributed by atoms with E-state index in [9.17, 15) is 19.1 Å². The summed E-state index contributed by atoms with van der Waals surface area (Å²) in [6, 6.07) is 18.1. The highest BCUT2D eigenvalue weighted by molar-refractivity contribution is 7.22. The van der Waals surface area contributed by atoms with E-state index in [0.717, 1.165) is 22.5 Å². The zero-order valence-electron chi connectivity index (χ0n) is 19.4. The molecule has 1 aliphatic heterocycles. The predicted octanol–water partition coefficient (Wildman–Crippen LogP) is 6.49. The SMILES string of the molecule is Cc1ccc(/C(O)=C2\C(=O)C(=O)N(c3nc4ccc(F)cc4s3)C2c2ccc(C(C)C)cc2)cc1. The molecule has 176 valence electrons. The van der Waals surface area contributed by atoms with Gasteiger partial charge in [-0.05, 0) is 42.2 Å². The Balaban J connectivity index is 1.71. The molecule has 1 saturated heterocycles. The quantitative estimate of drug-likeness (QED) is 0.203. The van der Waals surface area contributed by atoms with Crippen LogP contribution >= 0.6 is 11.3 Å². The highest BCUT2D eigenvalue weighted by Gasteiger charge is 2.48. The lowest BCUT2D eigenvalue weighted by atomic mass is 9.93. The number of Topliss-reactive ketones (excluding diaryl/α,β-unsaturated/α-hetero) is 1. The molecule has 3 aromatic carbocycles. The lowest BCUT2D eigenvalue weighted by molar-refractivity contribution is -0.132. The summed E-state index contributed by atoms with van der Waals surface area (Å²) in [6.07, 6.45) is 0. The third kappa shape index (κ3) is 4.02. The van der Waals surface area contributed by atoms with Crippen LogP contribution in [0.3, 0.4) is 0 Å². The number of rotatable bonds is 4. The summed E-state index contributed by atoms with van der Waals surface area (Å²) in [5, 5.41) is 11.5. The van der Waals surface area contributed by atoms with Gasteiger partial charge in [0.25, 0.3) is 5.78 Å². The van der Waals surface area contributed by atoms with Crippen molar-refractivity contribution in [3.8, 4) is 0 Å². The first-order valence-electron chi connectivity index (χ1n) is 11.3. The maximum absolute atomic E-state index is 13.8. The number of benzene rings is 3. The number of hydrogen-bond donors (Lipinski definition) is 1. The molecule has 5 rings (SSSR count). The number of carbonyl (C=O) groups is 2. The molecule has 1 unspecified atom stereocenters. The molecule has 0 aliphatic carbocycles. The zero-order chi connectivity index (χ0) is 24.9. The summed E-state index contributed by atoms with van der Waals surface area (Å²) in [6.45, 7) is 6.09. The normalized spacial score (nSPS) is 17.6. The molecule has 1 aliphatic rings. The lowest BCUT2D eigenvalue weighted by Gasteiger charge is -2.23. The van der Waals surface area contributed by atoms with Gasteiger partial charge in [0.1, 0.15) is 11.6 Å². The van der Waals surface area contributed by atoms with Gasteiger partial charge in [0, 0.05) is 5.56 Å². The molecule has 0 bridgehead atoms. The van der Waals surface area contributed by atoms with Crippen molar-refractivity contribution in [2.75, 3.05) is 4.90 Å². The van der Waals surface area contributed by atoms with E-state index >= 15 is 0 Å². The number of carbonyl (C=O) groups excluding carboxylic acids is 2. The number of amides is 1. The third-order valence-electron chi connectivity index (χ3n) is 6.23. The number of aliphatic hydroxyl groups excluding tert-OH is 1. The molecule has 0 radical (unpaired) electrons. The smallest absolute Gasteiger partial charge is 0.301 e. The first-order chi connectivity index (χ1) is 16.7. The Bertz CT molecular complexity index is 1490. The standard InChI is InChI=1S/C28H23FN2O3S/c1-15(2)17-8-10-18(11-9-17)24-23(25(32)19-6-4-16(3)5-7-19)26(33)27(34)31(24)28-30-21-13-12-20(29)14-22(21)35-28/h4-15,24,32H,1-3H3/b25-23+. The Morgan fingerprint density at radius 3 is 2.37 bits per heavy atom. The van der Waals surface area contributed by atoms with Crippen LogP contribution in [-0.4, -0.2) is 21.8 Å². The number of fused-ring (bicyclic) bond motifs is 1. The molecular weight excluding hydrogens is 463 g/mol. The molecule has 0 spiro atoms. The van der Waals surface area contributed by atoms with E-state index in [-0.39, 0.29) is 16.5 Å². The lowest BCUT2D eigenvalue weighted by Crippen LogP contribution is -2.29. The summed E-state index contributed by atoms with van der Waals surface area (Å²) >= 11 is 1.13. The molecule has 0 saturated carbocycles. The molecule has 5 nitrogen and oxygen atoms in total. The maximum Gasteiger partial charge on any atom is 0.301 e. The number of aryl methyl sites for hydroxylation is 1.